The lowest BCUT2D eigenvalue weighted by Crippen LogP contribution is -2.30. The molecule has 2 aromatic rings. The normalized spacial score (nSPS) is 10.5. The fourth-order valence-corrected chi connectivity index (χ4v) is 2.61. The maximum absolute atomic E-state index is 12.1. The topological polar surface area (TPSA) is 92.3 Å². The summed E-state index contributed by atoms with van der Waals surface area (Å²) in [5, 5.41) is 4.32. The summed E-state index contributed by atoms with van der Waals surface area (Å²) in [6, 6.07) is 11.1. The van der Waals surface area contributed by atoms with E-state index in [1.807, 2.05) is 31.2 Å². The maximum atomic E-state index is 12.1. The number of carbonyl (C=O) groups excluding carboxylic acids is 2. The van der Waals surface area contributed by atoms with Gasteiger partial charge >= 0.3 is 12.1 Å². The van der Waals surface area contributed by atoms with E-state index in [0.29, 0.717) is 44.3 Å². The van der Waals surface area contributed by atoms with Crippen LogP contribution in [0.4, 0.5) is 4.79 Å². The van der Waals surface area contributed by atoms with Crippen LogP contribution in [0.1, 0.15) is 13.8 Å². The van der Waals surface area contributed by atoms with Gasteiger partial charge in [-0.2, -0.15) is 0 Å². The minimum atomic E-state index is -0.562. The summed E-state index contributed by atoms with van der Waals surface area (Å²) in [4.78, 5) is 23.3. The quantitative estimate of drug-likeness (QED) is 0.295. The second-order valence-electron chi connectivity index (χ2n) is 6.50. The van der Waals surface area contributed by atoms with Crippen molar-refractivity contribution < 1.29 is 33.3 Å². The van der Waals surface area contributed by atoms with Crippen LogP contribution in [0.25, 0.3) is 10.8 Å². The van der Waals surface area contributed by atoms with E-state index in [1.54, 1.807) is 19.1 Å². The Hall–Kier alpha value is -3.10. The number of esters is 1. The minimum Gasteiger partial charge on any atom is -0.493 e. The first-order chi connectivity index (χ1) is 15.0. The van der Waals surface area contributed by atoms with E-state index in [2.05, 4.69) is 11.9 Å². The van der Waals surface area contributed by atoms with Crippen LogP contribution >= 0.6 is 0 Å². The number of ether oxygens (including phenoxy) is 5. The van der Waals surface area contributed by atoms with Crippen LogP contribution in [0.3, 0.4) is 0 Å². The number of rotatable bonds is 13. The van der Waals surface area contributed by atoms with Gasteiger partial charge in [0.2, 0.25) is 0 Å². The van der Waals surface area contributed by atoms with Crippen molar-refractivity contribution in [3.05, 3.63) is 48.6 Å². The number of hydrogen-bond donors (Lipinski definition) is 1. The second kappa shape index (κ2) is 13.3. The van der Waals surface area contributed by atoms with Crippen LogP contribution in [0.2, 0.25) is 0 Å². The summed E-state index contributed by atoms with van der Waals surface area (Å²) in [7, 11) is 0. The summed E-state index contributed by atoms with van der Waals surface area (Å²) in [6.07, 6.45) is -0.562. The molecule has 0 aliphatic carbocycles. The van der Waals surface area contributed by atoms with Gasteiger partial charge in [-0.3, -0.25) is 0 Å². The highest BCUT2D eigenvalue weighted by Gasteiger charge is 2.11. The Morgan fingerprint density at radius 2 is 1.52 bits per heavy atom. The lowest BCUT2D eigenvalue weighted by Gasteiger charge is -2.12. The molecule has 0 spiro atoms. The van der Waals surface area contributed by atoms with E-state index in [1.165, 1.54) is 0 Å². The zero-order valence-electron chi connectivity index (χ0n) is 18.0. The Morgan fingerprint density at radius 1 is 0.903 bits per heavy atom. The first-order valence-corrected chi connectivity index (χ1v) is 10.1. The summed E-state index contributed by atoms with van der Waals surface area (Å²) in [5.74, 6) is 0.768. The number of fused-ring (bicyclic) bond motifs is 1. The van der Waals surface area contributed by atoms with E-state index in [4.69, 9.17) is 23.7 Å². The van der Waals surface area contributed by atoms with Crippen LogP contribution in [0.5, 0.6) is 11.5 Å². The molecule has 8 nitrogen and oxygen atoms in total. The third kappa shape index (κ3) is 8.27. The van der Waals surface area contributed by atoms with Gasteiger partial charge < -0.3 is 29.0 Å². The van der Waals surface area contributed by atoms with Crippen molar-refractivity contribution in [2.75, 3.05) is 46.2 Å². The first kappa shape index (κ1) is 24.2. The lowest BCUT2D eigenvalue weighted by atomic mass is 10.1. The molecule has 0 aliphatic heterocycles. The highest BCUT2D eigenvalue weighted by molar-refractivity contribution is 5.94. The van der Waals surface area contributed by atoms with E-state index < -0.39 is 12.1 Å². The number of carbonyl (C=O) groups is 2. The molecule has 0 saturated carbocycles. The van der Waals surface area contributed by atoms with Crippen molar-refractivity contribution in [1.82, 2.24) is 5.32 Å². The van der Waals surface area contributed by atoms with Gasteiger partial charge in [0.1, 0.15) is 18.1 Å². The molecule has 0 unspecified atom stereocenters. The Bertz CT molecular complexity index is 881. The zero-order valence-corrected chi connectivity index (χ0v) is 18.0. The van der Waals surface area contributed by atoms with E-state index in [-0.39, 0.29) is 13.2 Å². The van der Waals surface area contributed by atoms with Crippen LogP contribution in [0.15, 0.2) is 48.6 Å². The predicted octanol–water partition coefficient (Wildman–Crippen LogP) is 3.48. The Labute approximate surface area is 182 Å². The number of hydrogen-bond acceptors (Lipinski definition) is 7. The highest BCUT2D eigenvalue weighted by atomic mass is 16.6. The van der Waals surface area contributed by atoms with Gasteiger partial charge in [-0.15, -0.1) is 0 Å². The van der Waals surface area contributed by atoms with Gasteiger partial charge in [0.15, 0.2) is 0 Å². The molecule has 0 aromatic heterocycles. The fourth-order valence-electron chi connectivity index (χ4n) is 2.61. The van der Waals surface area contributed by atoms with Gasteiger partial charge in [-0.05, 0) is 26.0 Å². The van der Waals surface area contributed by atoms with E-state index >= 15 is 0 Å². The summed E-state index contributed by atoms with van der Waals surface area (Å²) in [5.41, 5.74) is 0.352. The third-order valence-corrected chi connectivity index (χ3v) is 4.04. The van der Waals surface area contributed by atoms with Crippen molar-refractivity contribution in [2.45, 2.75) is 13.8 Å². The average Bonchev–Trinajstić information content (AvgIpc) is 2.76. The van der Waals surface area contributed by atoms with Crippen LogP contribution in [0, 0.1) is 0 Å². The predicted molar refractivity (Wildman–Crippen MR) is 117 cm³/mol. The number of nitrogens with one attached hydrogen (secondary N) is 1. The van der Waals surface area contributed by atoms with Crippen molar-refractivity contribution in [3.8, 4) is 11.5 Å². The van der Waals surface area contributed by atoms with Crippen LogP contribution in [-0.2, 0) is 19.0 Å². The number of benzene rings is 2. The molecule has 1 amide bonds. The largest absolute Gasteiger partial charge is 0.493 e. The molecular formula is C23H29NO7. The smallest absolute Gasteiger partial charge is 0.412 e. The molecule has 31 heavy (non-hydrogen) atoms. The van der Waals surface area contributed by atoms with Crippen LogP contribution < -0.4 is 14.8 Å². The first-order valence-electron chi connectivity index (χ1n) is 10.1. The molecule has 0 bridgehead atoms. The second-order valence-corrected chi connectivity index (χ2v) is 6.50. The Kier molecular flexibility index (Phi) is 10.3. The molecule has 0 aliphatic rings. The van der Waals surface area contributed by atoms with Gasteiger partial charge in [0.05, 0.1) is 33.0 Å². The maximum Gasteiger partial charge on any atom is 0.412 e. The van der Waals surface area contributed by atoms with E-state index in [0.717, 1.165) is 16.5 Å². The SMILES string of the molecule is C=C(C)C(=O)OCCOCCOCCNC(=O)Oc1ccc(OCC)c2ccccc12. The Balaban J connectivity index is 1.62. The minimum absolute atomic E-state index is 0.166. The molecule has 0 fully saturated rings. The van der Waals surface area contributed by atoms with Crippen molar-refractivity contribution in [3.63, 3.8) is 0 Å². The van der Waals surface area contributed by atoms with Crippen molar-refractivity contribution >= 4 is 22.8 Å². The van der Waals surface area contributed by atoms with Gasteiger partial charge in [-0.25, -0.2) is 9.59 Å². The summed E-state index contributed by atoms with van der Waals surface area (Å²) >= 11 is 0. The lowest BCUT2D eigenvalue weighted by molar-refractivity contribution is -0.140. The molecule has 168 valence electrons. The Morgan fingerprint density at radius 3 is 2.19 bits per heavy atom. The molecule has 0 heterocycles. The number of amides is 1. The molecule has 0 saturated heterocycles. The summed E-state index contributed by atoms with van der Waals surface area (Å²) < 4.78 is 26.6. The molecule has 1 N–H and O–H groups in total. The van der Waals surface area contributed by atoms with Gasteiger partial charge in [0, 0.05) is 22.9 Å². The molecule has 8 heteroatoms. The zero-order chi connectivity index (χ0) is 22.5. The standard InChI is InChI=1S/C23H29NO7/c1-4-29-20-9-10-21(19-8-6-5-7-18(19)20)31-23(26)24-11-12-27-13-14-28-15-16-30-22(25)17(2)3/h5-10H,2,4,11-16H2,1,3H3,(H,24,26). The van der Waals surface area contributed by atoms with Crippen LogP contribution in [-0.4, -0.2) is 58.2 Å². The monoisotopic (exact) mass is 431 g/mol. The summed E-state index contributed by atoms with van der Waals surface area (Å²) in [6.45, 7) is 9.31. The van der Waals surface area contributed by atoms with E-state index in [9.17, 15) is 9.59 Å². The molecule has 2 rings (SSSR count). The van der Waals surface area contributed by atoms with Crippen molar-refractivity contribution in [2.24, 2.45) is 0 Å². The van der Waals surface area contributed by atoms with Gasteiger partial charge in [-0.1, -0.05) is 30.8 Å². The fraction of sp³-hybridized carbons (Fsp3) is 0.391. The molecular weight excluding hydrogens is 402 g/mol. The highest BCUT2D eigenvalue weighted by Crippen LogP contribution is 2.33. The average molecular weight is 431 g/mol. The molecule has 0 atom stereocenters. The van der Waals surface area contributed by atoms with Crippen molar-refractivity contribution in [1.29, 1.82) is 0 Å². The molecule has 0 radical (unpaired) electrons. The van der Waals surface area contributed by atoms with Gasteiger partial charge in [0.25, 0.3) is 0 Å². The molecule has 2 aromatic carbocycles. The third-order valence-electron chi connectivity index (χ3n) is 4.04.